The lowest BCUT2D eigenvalue weighted by Gasteiger charge is -2.08. The van der Waals surface area contributed by atoms with Crippen LogP contribution in [0.4, 0.5) is 0 Å². The highest BCUT2D eigenvalue weighted by Crippen LogP contribution is 2.10. The van der Waals surface area contributed by atoms with E-state index < -0.39 is 0 Å². The molecule has 0 aliphatic rings. The summed E-state index contributed by atoms with van der Waals surface area (Å²) in [6.07, 6.45) is 14.2. The molecule has 0 aliphatic heterocycles. The molecule has 0 heterocycles. The molecule has 1 N–H and O–H groups in total. The molecule has 0 fully saturated rings. The van der Waals surface area contributed by atoms with Crippen LogP contribution < -0.4 is 5.32 Å². The zero-order chi connectivity index (χ0) is 13.5. The molecule has 2 heteroatoms. The van der Waals surface area contributed by atoms with Crippen molar-refractivity contribution in [2.75, 3.05) is 33.7 Å². The van der Waals surface area contributed by atoms with E-state index in [-0.39, 0.29) is 0 Å². The van der Waals surface area contributed by atoms with Gasteiger partial charge in [0.15, 0.2) is 0 Å². The fourth-order valence-corrected chi connectivity index (χ4v) is 2.27. The topological polar surface area (TPSA) is 15.3 Å². The van der Waals surface area contributed by atoms with Crippen LogP contribution in [-0.4, -0.2) is 38.6 Å². The Morgan fingerprint density at radius 3 is 1.56 bits per heavy atom. The Balaban J connectivity index is 2.90. The van der Waals surface area contributed by atoms with Crippen LogP contribution in [0.1, 0.15) is 71.1 Å². The predicted molar refractivity (Wildman–Crippen MR) is 83.3 cm³/mol. The molecule has 0 aromatic rings. The number of hydrogen-bond donors (Lipinski definition) is 1. The zero-order valence-electron chi connectivity index (χ0n) is 13.1. The van der Waals surface area contributed by atoms with Gasteiger partial charge in [0.05, 0.1) is 0 Å². The monoisotopic (exact) mass is 256 g/mol. The van der Waals surface area contributed by atoms with Gasteiger partial charge in [-0.1, -0.05) is 58.3 Å². The molecule has 0 bridgehead atoms. The van der Waals surface area contributed by atoms with E-state index in [1.54, 1.807) is 0 Å². The molecule has 0 spiro atoms. The van der Waals surface area contributed by atoms with Crippen molar-refractivity contribution in [3.63, 3.8) is 0 Å². The Hall–Kier alpha value is -0.0800. The van der Waals surface area contributed by atoms with Gasteiger partial charge in [0.2, 0.25) is 0 Å². The highest BCUT2D eigenvalue weighted by molar-refractivity contribution is 4.50. The molecule has 0 amide bonds. The van der Waals surface area contributed by atoms with E-state index in [4.69, 9.17) is 0 Å². The molecular formula is C16H36N2. The molecule has 0 radical (unpaired) electrons. The molecule has 2 nitrogen and oxygen atoms in total. The van der Waals surface area contributed by atoms with Gasteiger partial charge in [-0.3, -0.25) is 0 Å². The highest BCUT2D eigenvalue weighted by Gasteiger charge is 1.94. The van der Waals surface area contributed by atoms with Crippen molar-refractivity contribution in [1.82, 2.24) is 10.2 Å². The van der Waals surface area contributed by atoms with Gasteiger partial charge in [-0.25, -0.2) is 0 Å². The molecule has 0 rings (SSSR count). The SMILES string of the molecule is CCNCCCCCCCCCCCCN(C)C. The maximum Gasteiger partial charge on any atom is -0.00248 e. The van der Waals surface area contributed by atoms with Crippen molar-refractivity contribution in [1.29, 1.82) is 0 Å². The lowest BCUT2D eigenvalue weighted by molar-refractivity contribution is 0.389. The van der Waals surface area contributed by atoms with Crippen LogP contribution in [0.3, 0.4) is 0 Å². The summed E-state index contributed by atoms with van der Waals surface area (Å²) in [5, 5.41) is 3.38. The van der Waals surface area contributed by atoms with Gasteiger partial charge in [0.1, 0.15) is 0 Å². The minimum atomic E-state index is 1.12. The summed E-state index contributed by atoms with van der Waals surface area (Å²) in [5.41, 5.74) is 0. The average molecular weight is 256 g/mol. The van der Waals surface area contributed by atoms with Crippen molar-refractivity contribution < 1.29 is 0 Å². The normalized spacial score (nSPS) is 11.3. The fraction of sp³-hybridized carbons (Fsp3) is 1.00. The Morgan fingerprint density at radius 2 is 1.11 bits per heavy atom. The van der Waals surface area contributed by atoms with Gasteiger partial charge in [-0.2, -0.15) is 0 Å². The van der Waals surface area contributed by atoms with Gasteiger partial charge in [0.25, 0.3) is 0 Å². The third kappa shape index (κ3) is 15.9. The zero-order valence-corrected chi connectivity index (χ0v) is 13.1. The summed E-state index contributed by atoms with van der Waals surface area (Å²) < 4.78 is 0. The third-order valence-electron chi connectivity index (χ3n) is 3.46. The molecular weight excluding hydrogens is 220 g/mol. The summed E-state index contributed by atoms with van der Waals surface area (Å²) in [7, 11) is 4.33. The van der Waals surface area contributed by atoms with Crippen molar-refractivity contribution in [3.8, 4) is 0 Å². The molecule has 18 heavy (non-hydrogen) atoms. The minimum Gasteiger partial charge on any atom is -0.317 e. The second kappa shape index (κ2) is 15.0. The molecule has 0 aromatic heterocycles. The van der Waals surface area contributed by atoms with Gasteiger partial charge < -0.3 is 10.2 Å². The lowest BCUT2D eigenvalue weighted by atomic mass is 10.1. The standard InChI is InChI=1S/C16H36N2/c1-4-17-15-13-11-9-7-5-6-8-10-12-14-16-18(2)3/h17H,4-16H2,1-3H3. The first-order chi connectivity index (χ1) is 8.77. The van der Waals surface area contributed by atoms with Crippen molar-refractivity contribution in [3.05, 3.63) is 0 Å². The Bertz CT molecular complexity index is 146. The third-order valence-corrected chi connectivity index (χ3v) is 3.46. The van der Waals surface area contributed by atoms with E-state index in [9.17, 15) is 0 Å². The molecule has 0 saturated heterocycles. The van der Waals surface area contributed by atoms with Gasteiger partial charge >= 0.3 is 0 Å². The number of nitrogens with one attached hydrogen (secondary N) is 1. The van der Waals surface area contributed by atoms with Crippen LogP contribution in [0.5, 0.6) is 0 Å². The van der Waals surface area contributed by atoms with E-state index in [0.717, 1.165) is 6.54 Å². The van der Waals surface area contributed by atoms with E-state index in [0.29, 0.717) is 0 Å². The predicted octanol–water partition coefficient (Wildman–Crippen LogP) is 4.06. The van der Waals surface area contributed by atoms with Crippen LogP contribution in [0.2, 0.25) is 0 Å². The molecule has 0 atom stereocenters. The van der Waals surface area contributed by atoms with Crippen LogP contribution >= 0.6 is 0 Å². The summed E-state index contributed by atoms with van der Waals surface area (Å²) in [6.45, 7) is 5.76. The van der Waals surface area contributed by atoms with Crippen molar-refractivity contribution in [2.45, 2.75) is 71.1 Å². The van der Waals surface area contributed by atoms with E-state index in [1.807, 2.05) is 0 Å². The largest absolute Gasteiger partial charge is 0.317 e. The first-order valence-corrected chi connectivity index (χ1v) is 8.12. The molecule has 0 aliphatic carbocycles. The summed E-state index contributed by atoms with van der Waals surface area (Å²) in [4.78, 5) is 2.29. The van der Waals surface area contributed by atoms with Crippen molar-refractivity contribution in [2.24, 2.45) is 0 Å². The summed E-state index contributed by atoms with van der Waals surface area (Å²) in [5.74, 6) is 0. The number of hydrogen-bond acceptors (Lipinski definition) is 2. The Kier molecular flexibility index (Phi) is 14.9. The van der Waals surface area contributed by atoms with E-state index in [1.165, 1.54) is 77.3 Å². The average Bonchev–Trinajstić information content (AvgIpc) is 2.34. The molecule has 0 unspecified atom stereocenters. The minimum absolute atomic E-state index is 1.12. The van der Waals surface area contributed by atoms with Crippen LogP contribution in [0.25, 0.3) is 0 Å². The van der Waals surface area contributed by atoms with Crippen LogP contribution in [0, 0.1) is 0 Å². The number of nitrogens with zero attached hydrogens (tertiary/aromatic N) is 1. The maximum absolute atomic E-state index is 3.38. The summed E-state index contributed by atoms with van der Waals surface area (Å²) >= 11 is 0. The molecule has 0 aromatic carbocycles. The molecule has 0 saturated carbocycles. The van der Waals surface area contributed by atoms with Gasteiger partial charge in [-0.15, -0.1) is 0 Å². The van der Waals surface area contributed by atoms with Crippen molar-refractivity contribution >= 4 is 0 Å². The van der Waals surface area contributed by atoms with Gasteiger partial charge in [-0.05, 0) is 46.6 Å². The first-order valence-electron chi connectivity index (χ1n) is 8.12. The van der Waals surface area contributed by atoms with Gasteiger partial charge in [0, 0.05) is 0 Å². The maximum atomic E-state index is 3.38. The summed E-state index contributed by atoms with van der Waals surface area (Å²) in [6, 6.07) is 0. The Morgan fingerprint density at radius 1 is 0.667 bits per heavy atom. The highest BCUT2D eigenvalue weighted by atomic mass is 15.0. The van der Waals surface area contributed by atoms with Crippen LogP contribution in [0.15, 0.2) is 0 Å². The Labute approximate surface area is 116 Å². The molecule has 110 valence electrons. The number of rotatable bonds is 14. The van der Waals surface area contributed by atoms with E-state index >= 15 is 0 Å². The van der Waals surface area contributed by atoms with Crippen LogP contribution in [-0.2, 0) is 0 Å². The quantitative estimate of drug-likeness (QED) is 0.472. The van der Waals surface area contributed by atoms with E-state index in [2.05, 4.69) is 31.2 Å². The fourth-order valence-electron chi connectivity index (χ4n) is 2.27. The second-order valence-corrected chi connectivity index (χ2v) is 5.69. The first kappa shape index (κ1) is 17.9. The smallest absolute Gasteiger partial charge is 0.00248 e. The second-order valence-electron chi connectivity index (χ2n) is 5.69. The lowest BCUT2D eigenvalue weighted by Crippen LogP contribution is -2.13. The number of unbranched alkanes of at least 4 members (excludes halogenated alkanes) is 9.